The lowest BCUT2D eigenvalue weighted by Gasteiger charge is -2.21. The van der Waals surface area contributed by atoms with Gasteiger partial charge in [-0.25, -0.2) is 4.39 Å². The molecule has 1 amide bonds. The van der Waals surface area contributed by atoms with Gasteiger partial charge in [-0.05, 0) is 43.7 Å². The van der Waals surface area contributed by atoms with Crippen molar-refractivity contribution >= 4 is 12.0 Å². The van der Waals surface area contributed by atoms with E-state index in [9.17, 15) is 14.3 Å². The molecule has 0 saturated carbocycles. The molecule has 1 aromatic heterocycles. The normalized spacial score (nSPS) is 13.9. The number of amides is 1. The second kappa shape index (κ2) is 7.24. The van der Waals surface area contributed by atoms with E-state index in [1.165, 1.54) is 12.1 Å². The van der Waals surface area contributed by atoms with Gasteiger partial charge in [0.15, 0.2) is 0 Å². The van der Waals surface area contributed by atoms with Crippen LogP contribution in [0, 0.1) is 12.7 Å². The molecule has 122 valence electrons. The van der Waals surface area contributed by atoms with Crippen molar-refractivity contribution in [1.29, 1.82) is 0 Å². The first-order valence-corrected chi connectivity index (χ1v) is 7.35. The van der Waals surface area contributed by atoms with Gasteiger partial charge in [0.05, 0.1) is 6.54 Å². The van der Waals surface area contributed by atoms with Crippen LogP contribution in [0.4, 0.5) is 4.39 Å². The van der Waals surface area contributed by atoms with Gasteiger partial charge in [0.1, 0.15) is 22.9 Å². The highest BCUT2D eigenvalue weighted by Crippen LogP contribution is 2.21. The van der Waals surface area contributed by atoms with Crippen LogP contribution in [0.1, 0.15) is 30.4 Å². The van der Waals surface area contributed by atoms with Crippen molar-refractivity contribution in [3.8, 4) is 0 Å². The highest BCUT2D eigenvalue weighted by atomic mass is 19.1. The number of carbonyl (C=O) groups is 1. The summed E-state index contributed by atoms with van der Waals surface area (Å²) in [5.41, 5.74) is -0.442. The molecule has 2 aromatic rings. The second-order valence-corrected chi connectivity index (χ2v) is 5.62. The summed E-state index contributed by atoms with van der Waals surface area (Å²) < 4.78 is 18.2. The minimum absolute atomic E-state index is 0.0587. The Bertz CT molecular complexity index is 687. The standard InChI is InChI=1S/C18H20FNO3/c1-13-6-11-16(23-13)18(2,22)12-20-17(21)5-3-4-14-7-9-15(19)10-8-14/h3-4,6-11,22H,5,12H2,1-2H3,(H,20,21)/b4-3+/t18-/m0/s1. The quantitative estimate of drug-likeness (QED) is 0.860. The van der Waals surface area contributed by atoms with E-state index < -0.39 is 5.60 Å². The van der Waals surface area contributed by atoms with Crippen molar-refractivity contribution in [3.05, 3.63) is 65.4 Å². The van der Waals surface area contributed by atoms with Crippen molar-refractivity contribution in [3.63, 3.8) is 0 Å². The largest absolute Gasteiger partial charge is 0.463 e. The van der Waals surface area contributed by atoms with Gasteiger partial charge in [0.25, 0.3) is 0 Å². The summed E-state index contributed by atoms with van der Waals surface area (Å²) in [6, 6.07) is 9.44. The highest BCUT2D eigenvalue weighted by Gasteiger charge is 2.27. The lowest BCUT2D eigenvalue weighted by molar-refractivity contribution is -0.121. The predicted octanol–water partition coefficient (Wildman–Crippen LogP) is 3.15. The zero-order valence-electron chi connectivity index (χ0n) is 13.2. The van der Waals surface area contributed by atoms with Crippen LogP contribution >= 0.6 is 0 Å². The average Bonchev–Trinajstić information content (AvgIpc) is 2.95. The number of nitrogens with one attached hydrogen (secondary N) is 1. The number of carbonyl (C=O) groups excluding carboxylic acids is 1. The molecule has 0 saturated heterocycles. The fraction of sp³-hybridized carbons (Fsp3) is 0.278. The summed E-state index contributed by atoms with van der Waals surface area (Å²) in [6.45, 7) is 3.43. The van der Waals surface area contributed by atoms with E-state index in [0.717, 1.165) is 5.56 Å². The molecule has 1 aromatic carbocycles. The number of hydrogen-bond donors (Lipinski definition) is 2. The van der Waals surface area contributed by atoms with Gasteiger partial charge in [0, 0.05) is 6.42 Å². The lowest BCUT2D eigenvalue weighted by atomic mass is 10.0. The fourth-order valence-electron chi connectivity index (χ4n) is 2.03. The summed E-state index contributed by atoms with van der Waals surface area (Å²) in [7, 11) is 0. The fourth-order valence-corrected chi connectivity index (χ4v) is 2.03. The van der Waals surface area contributed by atoms with Crippen LogP contribution in [0.5, 0.6) is 0 Å². The summed E-state index contributed by atoms with van der Waals surface area (Å²) in [5.74, 6) is 0.605. The van der Waals surface area contributed by atoms with Crippen molar-refractivity contribution in [2.75, 3.05) is 6.54 Å². The molecule has 0 fully saturated rings. The Hall–Kier alpha value is -2.40. The van der Waals surface area contributed by atoms with E-state index in [2.05, 4.69) is 5.32 Å². The minimum Gasteiger partial charge on any atom is -0.463 e. The average molecular weight is 317 g/mol. The van der Waals surface area contributed by atoms with Crippen LogP contribution in [0.15, 0.2) is 46.9 Å². The summed E-state index contributed by atoms with van der Waals surface area (Å²) in [5, 5.41) is 13.0. The minimum atomic E-state index is -1.26. The maximum atomic E-state index is 12.8. The predicted molar refractivity (Wildman–Crippen MR) is 86.1 cm³/mol. The molecule has 0 aliphatic rings. The highest BCUT2D eigenvalue weighted by molar-refractivity contribution is 5.78. The van der Waals surface area contributed by atoms with E-state index in [0.29, 0.717) is 11.5 Å². The van der Waals surface area contributed by atoms with E-state index in [4.69, 9.17) is 4.42 Å². The van der Waals surface area contributed by atoms with Gasteiger partial charge in [-0.15, -0.1) is 0 Å². The molecule has 0 unspecified atom stereocenters. The Morgan fingerprint density at radius 3 is 2.61 bits per heavy atom. The van der Waals surface area contributed by atoms with Crippen molar-refractivity contribution in [1.82, 2.24) is 5.32 Å². The summed E-state index contributed by atoms with van der Waals surface area (Å²) in [6.07, 6.45) is 3.60. The Morgan fingerprint density at radius 2 is 2.00 bits per heavy atom. The molecule has 2 rings (SSSR count). The third-order valence-electron chi connectivity index (χ3n) is 3.38. The number of furan rings is 1. The van der Waals surface area contributed by atoms with Crippen LogP contribution < -0.4 is 5.32 Å². The van der Waals surface area contributed by atoms with Gasteiger partial charge in [-0.1, -0.05) is 24.3 Å². The van der Waals surface area contributed by atoms with Crippen LogP contribution in [0.25, 0.3) is 6.08 Å². The Kier molecular flexibility index (Phi) is 5.34. The van der Waals surface area contributed by atoms with Crippen LogP contribution in [-0.2, 0) is 10.4 Å². The van der Waals surface area contributed by atoms with Crippen molar-refractivity contribution < 1.29 is 18.7 Å². The smallest absolute Gasteiger partial charge is 0.223 e. The van der Waals surface area contributed by atoms with E-state index >= 15 is 0 Å². The maximum Gasteiger partial charge on any atom is 0.223 e. The molecule has 0 aliphatic heterocycles. The number of benzene rings is 1. The number of halogens is 1. The molecule has 1 atom stereocenters. The van der Waals surface area contributed by atoms with Crippen LogP contribution in [-0.4, -0.2) is 17.6 Å². The van der Waals surface area contributed by atoms with Gasteiger partial charge >= 0.3 is 0 Å². The summed E-state index contributed by atoms with van der Waals surface area (Å²) >= 11 is 0. The topological polar surface area (TPSA) is 62.5 Å². The van der Waals surface area contributed by atoms with E-state index in [-0.39, 0.29) is 24.7 Å². The van der Waals surface area contributed by atoms with Crippen molar-refractivity contribution in [2.45, 2.75) is 25.9 Å². The van der Waals surface area contributed by atoms with Crippen LogP contribution in [0.2, 0.25) is 0 Å². The summed E-state index contributed by atoms with van der Waals surface area (Å²) in [4.78, 5) is 11.8. The Balaban J connectivity index is 1.81. The number of rotatable bonds is 6. The molecule has 0 spiro atoms. The number of hydrogen-bond acceptors (Lipinski definition) is 3. The first-order valence-electron chi connectivity index (χ1n) is 7.35. The van der Waals surface area contributed by atoms with Gasteiger partial charge in [-0.3, -0.25) is 4.79 Å². The molecule has 0 bridgehead atoms. The maximum absolute atomic E-state index is 12.8. The third-order valence-corrected chi connectivity index (χ3v) is 3.38. The zero-order valence-corrected chi connectivity index (χ0v) is 13.2. The Labute approximate surface area is 134 Å². The van der Waals surface area contributed by atoms with Crippen LogP contribution in [0.3, 0.4) is 0 Å². The molecule has 0 radical (unpaired) electrons. The zero-order chi connectivity index (χ0) is 16.9. The third kappa shape index (κ3) is 5.07. The van der Waals surface area contributed by atoms with E-state index in [1.807, 2.05) is 0 Å². The number of aryl methyl sites for hydroxylation is 1. The van der Waals surface area contributed by atoms with Gasteiger partial charge in [-0.2, -0.15) is 0 Å². The van der Waals surface area contributed by atoms with Crippen molar-refractivity contribution in [2.24, 2.45) is 0 Å². The number of aliphatic hydroxyl groups is 1. The molecule has 23 heavy (non-hydrogen) atoms. The first kappa shape index (κ1) is 17.0. The molecule has 1 heterocycles. The molecular formula is C18H20FNO3. The molecule has 0 aliphatic carbocycles. The molecular weight excluding hydrogens is 297 g/mol. The second-order valence-electron chi connectivity index (χ2n) is 5.62. The molecule has 4 nitrogen and oxygen atoms in total. The molecule has 5 heteroatoms. The van der Waals surface area contributed by atoms with Gasteiger partial charge < -0.3 is 14.8 Å². The SMILES string of the molecule is Cc1ccc([C@@](C)(O)CNC(=O)C/C=C/c2ccc(F)cc2)o1. The van der Waals surface area contributed by atoms with E-state index in [1.54, 1.807) is 50.3 Å². The lowest BCUT2D eigenvalue weighted by Crippen LogP contribution is -2.38. The first-order chi connectivity index (χ1) is 10.9. The van der Waals surface area contributed by atoms with Gasteiger partial charge in [0.2, 0.25) is 5.91 Å². The Morgan fingerprint density at radius 1 is 1.30 bits per heavy atom. The monoisotopic (exact) mass is 317 g/mol. The molecule has 2 N–H and O–H groups in total.